The maximum atomic E-state index is 15.7. The zero-order valence-corrected chi connectivity index (χ0v) is 54.8. The molecule has 2 aliphatic heterocycles. The molecule has 1 saturated carbocycles. The number of nitrogens with zero attached hydrogens (tertiary/aromatic N) is 6. The molecule has 14 aromatic carbocycles. The Kier molecular flexibility index (Phi) is 12.4. The number of carbonyl (C=O) groups is 4. The van der Waals surface area contributed by atoms with Crippen LogP contribution < -0.4 is 9.80 Å². The third-order valence-electron chi connectivity index (χ3n) is 22.0. The number of para-hydroxylation sites is 8. The number of anilines is 2. The van der Waals surface area contributed by atoms with Gasteiger partial charge in [0, 0.05) is 65.8 Å². The van der Waals surface area contributed by atoms with Gasteiger partial charge in [0.1, 0.15) is 0 Å². The zero-order chi connectivity index (χ0) is 67.6. The number of imide groups is 2. The van der Waals surface area contributed by atoms with E-state index >= 15 is 19.2 Å². The van der Waals surface area contributed by atoms with Crippen LogP contribution in [-0.4, -0.2) is 41.9 Å². The summed E-state index contributed by atoms with van der Waals surface area (Å²) in [6.45, 7) is 0. The predicted octanol–water partition coefficient (Wildman–Crippen LogP) is 20.7. The van der Waals surface area contributed by atoms with Gasteiger partial charge in [-0.05, 0) is 196 Å². The average molecular weight is 1310 g/mol. The van der Waals surface area contributed by atoms with Crippen molar-refractivity contribution >= 4 is 122 Å². The first-order valence-corrected chi connectivity index (χ1v) is 34.7. The minimum atomic E-state index is -1.05. The van der Waals surface area contributed by atoms with Gasteiger partial charge in [0.2, 0.25) is 23.6 Å². The summed E-state index contributed by atoms with van der Waals surface area (Å²) < 4.78 is 9.13. The first-order valence-electron chi connectivity index (χ1n) is 34.7. The first-order chi connectivity index (χ1) is 50.3. The number of carbonyl (C=O) groups excluding carboxylic acids is 4. The molecule has 0 radical (unpaired) electrons. The molecule has 102 heavy (non-hydrogen) atoms. The number of fused-ring (bicyclic) bond motifs is 16. The summed E-state index contributed by atoms with van der Waals surface area (Å²) in [5, 5.41) is 8.61. The van der Waals surface area contributed by atoms with Crippen LogP contribution in [0.2, 0.25) is 0 Å². The van der Waals surface area contributed by atoms with Gasteiger partial charge in [-0.1, -0.05) is 176 Å². The summed E-state index contributed by atoms with van der Waals surface area (Å²) in [6.07, 6.45) is 0. The van der Waals surface area contributed by atoms with Gasteiger partial charge in [-0.3, -0.25) is 19.2 Å². The lowest BCUT2D eigenvalue weighted by molar-refractivity contribution is -0.146. The van der Waals surface area contributed by atoms with Crippen LogP contribution in [0.4, 0.5) is 11.4 Å². The van der Waals surface area contributed by atoms with Crippen molar-refractivity contribution in [2.45, 2.75) is 0 Å². The van der Waals surface area contributed by atoms with Crippen LogP contribution in [0, 0.1) is 23.7 Å². The molecule has 4 aromatic heterocycles. The number of rotatable bonds is 10. The molecule has 3 fully saturated rings. The topological polar surface area (TPSA) is 94.5 Å². The molecule has 0 N–H and O–H groups in total. The van der Waals surface area contributed by atoms with Crippen LogP contribution in [0.5, 0.6) is 0 Å². The molecule has 21 rings (SSSR count). The minimum absolute atomic E-state index is 0.377. The van der Waals surface area contributed by atoms with E-state index < -0.39 is 47.3 Å². The molecule has 10 nitrogen and oxygen atoms in total. The lowest BCUT2D eigenvalue weighted by Crippen LogP contribution is -2.50. The molecular weight excluding hydrogens is 1250 g/mol. The van der Waals surface area contributed by atoms with E-state index in [2.05, 4.69) is 249 Å². The molecule has 4 amide bonds. The Balaban J connectivity index is 0.690. The third kappa shape index (κ3) is 8.41. The quantitative estimate of drug-likeness (QED) is 0.128. The number of hydrogen-bond donors (Lipinski definition) is 0. The van der Waals surface area contributed by atoms with Crippen LogP contribution in [-0.2, 0) is 19.2 Å². The summed E-state index contributed by atoms with van der Waals surface area (Å²) in [7, 11) is 0. The Morgan fingerprint density at radius 1 is 0.167 bits per heavy atom. The second-order valence-electron chi connectivity index (χ2n) is 27.3. The van der Waals surface area contributed by atoms with E-state index in [-0.39, 0.29) is 0 Å². The monoisotopic (exact) mass is 1310 g/mol. The molecule has 6 heterocycles. The normalized spacial score (nSPS) is 16.7. The van der Waals surface area contributed by atoms with Crippen molar-refractivity contribution in [2.24, 2.45) is 23.7 Å². The fourth-order valence-electron chi connectivity index (χ4n) is 17.5. The minimum Gasteiger partial charge on any atom is -0.309 e. The summed E-state index contributed by atoms with van der Waals surface area (Å²) in [4.78, 5) is 65.4. The van der Waals surface area contributed by atoms with E-state index in [1.807, 2.05) is 97.1 Å². The molecule has 4 atom stereocenters. The first kappa shape index (κ1) is 57.6. The molecule has 0 spiro atoms. The smallest absolute Gasteiger partial charge is 0.238 e. The van der Waals surface area contributed by atoms with Gasteiger partial charge in [0.25, 0.3) is 0 Å². The van der Waals surface area contributed by atoms with Gasteiger partial charge in [0.15, 0.2) is 0 Å². The lowest BCUT2D eigenvalue weighted by atomic mass is 9.59. The van der Waals surface area contributed by atoms with Crippen LogP contribution >= 0.6 is 0 Å². The van der Waals surface area contributed by atoms with Crippen molar-refractivity contribution < 1.29 is 19.2 Å². The van der Waals surface area contributed by atoms with E-state index in [0.717, 1.165) is 154 Å². The van der Waals surface area contributed by atoms with Gasteiger partial charge in [0.05, 0.1) is 79.2 Å². The van der Waals surface area contributed by atoms with Crippen molar-refractivity contribution in [1.82, 2.24) is 18.3 Å². The number of benzene rings is 14. The van der Waals surface area contributed by atoms with Gasteiger partial charge in [-0.15, -0.1) is 0 Å². The van der Waals surface area contributed by atoms with E-state index in [9.17, 15) is 0 Å². The predicted molar refractivity (Wildman–Crippen MR) is 411 cm³/mol. The molecule has 1 aliphatic carbocycles. The molecule has 3 aliphatic rings. The Labute approximate surface area is 584 Å². The van der Waals surface area contributed by atoms with Crippen molar-refractivity contribution in [3.8, 4) is 67.3 Å². The van der Waals surface area contributed by atoms with Gasteiger partial charge in [-0.25, -0.2) is 9.80 Å². The van der Waals surface area contributed by atoms with Crippen molar-refractivity contribution in [2.75, 3.05) is 9.80 Å². The van der Waals surface area contributed by atoms with Gasteiger partial charge < -0.3 is 18.3 Å². The number of hydrogen-bond acceptors (Lipinski definition) is 4. The molecule has 2 saturated heterocycles. The van der Waals surface area contributed by atoms with Crippen LogP contribution in [0.15, 0.2) is 328 Å². The lowest BCUT2D eigenvalue weighted by Gasteiger charge is -2.36. The summed E-state index contributed by atoms with van der Waals surface area (Å²) in [5.74, 6) is -6.15. The highest BCUT2D eigenvalue weighted by Crippen LogP contribution is 2.59. The van der Waals surface area contributed by atoms with Crippen molar-refractivity contribution in [1.29, 1.82) is 0 Å². The van der Waals surface area contributed by atoms with Crippen LogP contribution in [0.25, 0.3) is 154 Å². The molecule has 0 bridgehead atoms. The second-order valence-corrected chi connectivity index (χ2v) is 27.3. The Hall–Kier alpha value is -13.4. The Morgan fingerprint density at radius 2 is 0.402 bits per heavy atom. The molecule has 4 unspecified atom stereocenters. The van der Waals surface area contributed by atoms with E-state index in [0.29, 0.717) is 11.4 Å². The Bertz CT molecular complexity index is 6430. The average Bonchev–Trinajstić information content (AvgIpc) is 1.52. The maximum absolute atomic E-state index is 15.7. The zero-order valence-electron chi connectivity index (χ0n) is 54.8. The Morgan fingerprint density at radius 3 is 0.716 bits per heavy atom. The fourth-order valence-corrected chi connectivity index (χ4v) is 17.5. The van der Waals surface area contributed by atoms with Crippen LogP contribution in [0.1, 0.15) is 0 Å². The van der Waals surface area contributed by atoms with E-state index in [1.165, 1.54) is 9.80 Å². The van der Waals surface area contributed by atoms with Crippen LogP contribution in [0.3, 0.4) is 0 Å². The largest absolute Gasteiger partial charge is 0.309 e. The highest BCUT2D eigenvalue weighted by Gasteiger charge is 2.73. The van der Waals surface area contributed by atoms with E-state index in [4.69, 9.17) is 0 Å². The van der Waals surface area contributed by atoms with E-state index in [1.54, 1.807) is 0 Å². The third-order valence-corrected chi connectivity index (χ3v) is 22.0. The highest BCUT2D eigenvalue weighted by atomic mass is 16.2. The standard InChI is InChI=1S/C92H58N6O4/c99-89-85-86(90(100)97(89)67-47-59(55-38-42-81-74(51-55)70-30-14-18-34-78(70)93(81)63-21-5-1-6-22-63)45-60(48-67)56-39-43-82-75(52-56)71-31-15-19-35-79(71)94(82)64-23-7-2-8-24-64)88-87(85)91(101)98(92(88)102)68-49-61(57-40-44-83-76(53-57)72-32-16-20-36-80(72)95(83)65-25-9-3-10-26-65)46-62(50-68)58-37-41-73-69-29-13-17-33-77(69)96(84(73)54-58)66-27-11-4-12-28-66/h1-54,85-88H. The van der Waals surface area contributed by atoms with Crippen molar-refractivity contribution in [3.63, 3.8) is 0 Å². The van der Waals surface area contributed by atoms with Gasteiger partial charge in [-0.2, -0.15) is 0 Å². The van der Waals surface area contributed by atoms with Gasteiger partial charge >= 0.3 is 0 Å². The second kappa shape index (κ2) is 22.0. The summed E-state index contributed by atoms with van der Waals surface area (Å²) in [6, 6.07) is 113. The molecular formula is C92H58N6O4. The number of aromatic nitrogens is 4. The molecule has 480 valence electrons. The fraction of sp³-hybridized carbons (Fsp3) is 0.0435. The summed E-state index contributed by atoms with van der Waals surface area (Å²) >= 11 is 0. The molecule has 10 heteroatoms. The summed E-state index contributed by atoms with van der Waals surface area (Å²) in [5.41, 5.74) is 20.0. The number of amides is 4. The SMILES string of the molecule is O=C1C2C(C(=O)N1c1cc(-c3ccc4c(c3)c3ccccc3n4-c3ccccc3)cc(-c3ccc4c(c3)c3ccccc3n4-c3ccccc3)c1)C1C(=O)N(c3cc(-c4ccc5c(c4)c4ccccc4n5-c4ccccc4)cc(-c4ccc5c6ccccc6n(-c6ccccc6)c5c4)c3)C(=O)C21. The van der Waals surface area contributed by atoms with Crippen molar-refractivity contribution in [3.05, 3.63) is 328 Å². The highest BCUT2D eigenvalue weighted by molar-refractivity contribution is 6.33. The molecule has 18 aromatic rings. The maximum Gasteiger partial charge on any atom is 0.238 e.